The van der Waals surface area contributed by atoms with E-state index in [-0.39, 0.29) is 24.3 Å². The zero-order valence-corrected chi connectivity index (χ0v) is 18.7. The van der Waals surface area contributed by atoms with Crippen LogP contribution in [0.3, 0.4) is 0 Å². The zero-order valence-electron chi connectivity index (χ0n) is 18.7. The molecule has 1 unspecified atom stereocenters. The molecule has 2 aliphatic heterocycles. The number of hydrogen-bond acceptors (Lipinski definition) is 4. The lowest BCUT2D eigenvalue weighted by atomic mass is 10.1. The smallest absolute Gasteiger partial charge is 0.246 e. The van der Waals surface area contributed by atoms with Gasteiger partial charge in [0, 0.05) is 49.2 Å². The Morgan fingerprint density at radius 3 is 2.47 bits per heavy atom. The predicted octanol–water partition coefficient (Wildman–Crippen LogP) is 3.38. The Morgan fingerprint density at radius 1 is 0.912 bits per heavy atom. The first-order valence-electron chi connectivity index (χ1n) is 11.6. The summed E-state index contributed by atoms with van der Waals surface area (Å²) in [7, 11) is 0. The van der Waals surface area contributed by atoms with Crippen molar-refractivity contribution in [3.63, 3.8) is 0 Å². The molecule has 2 amide bonds. The van der Waals surface area contributed by atoms with Gasteiger partial charge in [-0.25, -0.2) is 4.98 Å². The maximum absolute atomic E-state index is 13.4. The number of fused-ring (bicyclic) bond motifs is 2. The van der Waals surface area contributed by atoms with Crippen LogP contribution < -0.4 is 5.32 Å². The summed E-state index contributed by atoms with van der Waals surface area (Å²) in [5.41, 5.74) is 5.49. The summed E-state index contributed by atoms with van der Waals surface area (Å²) in [5.74, 6) is 0.0953. The van der Waals surface area contributed by atoms with Crippen molar-refractivity contribution in [1.29, 1.82) is 0 Å². The summed E-state index contributed by atoms with van der Waals surface area (Å²) in [6.07, 6.45) is 2.24. The van der Waals surface area contributed by atoms with E-state index in [1.54, 1.807) is 0 Å². The number of carbonyl (C=O) groups is 2. The van der Waals surface area contributed by atoms with Gasteiger partial charge >= 0.3 is 0 Å². The van der Waals surface area contributed by atoms with Gasteiger partial charge in [-0.3, -0.25) is 14.5 Å². The van der Waals surface area contributed by atoms with E-state index in [0.717, 1.165) is 33.8 Å². The van der Waals surface area contributed by atoms with Crippen molar-refractivity contribution in [2.24, 2.45) is 0 Å². The van der Waals surface area contributed by atoms with E-state index < -0.39 is 0 Å². The second kappa shape index (κ2) is 8.43. The summed E-state index contributed by atoms with van der Waals surface area (Å²) < 4.78 is 2.01. The number of hydrogen-bond donors (Lipinski definition) is 1. The van der Waals surface area contributed by atoms with Gasteiger partial charge in [-0.1, -0.05) is 54.6 Å². The Bertz CT molecular complexity index is 1370. The number of para-hydroxylation sites is 1. The number of pyridine rings is 1. The molecule has 170 valence electrons. The first kappa shape index (κ1) is 20.6. The fourth-order valence-corrected chi connectivity index (χ4v) is 5.08. The van der Waals surface area contributed by atoms with E-state index in [1.807, 2.05) is 88.3 Å². The summed E-state index contributed by atoms with van der Waals surface area (Å²) in [4.78, 5) is 34.9. The molecular weight excluding hydrogens is 426 g/mol. The van der Waals surface area contributed by atoms with Gasteiger partial charge in [0.2, 0.25) is 11.8 Å². The molecule has 4 aromatic rings. The number of piperazine rings is 1. The van der Waals surface area contributed by atoms with Crippen LogP contribution in [0.1, 0.15) is 17.3 Å². The molecule has 0 aliphatic carbocycles. The lowest BCUT2D eigenvalue weighted by Crippen LogP contribution is -2.51. The largest absolute Gasteiger partial charge is 0.340 e. The average Bonchev–Trinajstić information content (AvgIpc) is 3.41. The van der Waals surface area contributed by atoms with Crippen molar-refractivity contribution >= 4 is 23.1 Å². The molecule has 1 N–H and O–H groups in total. The molecule has 34 heavy (non-hydrogen) atoms. The van der Waals surface area contributed by atoms with Crippen molar-refractivity contribution in [3.05, 3.63) is 90.3 Å². The van der Waals surface area contributed by atoms with Crippen LogP contribution in [0, 0.1) is 0 Å². The quantitative estimate of drug-likeness (QED) is 0.517. The standard InChI is InChI=1S/C27H25N5O2/c33-24(18-22-25(19-8-2-1-3-9-19)29-23-12-6-7-13-32(22)23)30-14-16-31(17-15-30)26-20-10-4-5-11-21(20)28-27(26)34/h1-13,26H,14-18H2,(H,28,34). The monoisotopic (exact) mass is 451 g/mol. The van der Waals surface area contributed by atoms with Gasteiger partial charge in [-0.2, -0.15) is 0 Å². The van der Waals surface area contributed by atoms with E-state index >= 15 is 0 Å². The SMILES string of the molecule is O=C1Nc2ccccc2C1N1CCN(C(=O)Cc2c(-c3ccccc3)nc3ccccn23)CC1. The zero-order chi connectivity index (χ0) is 23.1. The minimum absolute atomic E-state index is 0.0132. The number of nitrogens with zero attached hydrogens (tertiary/aromatic N) is 4. The van der Waals surface area contributed by atoms with E-state index in [4.69, 9.17) is 4.98 Å². The molecule has 6 rings (SSSR count). The lowest BCUT2D eigenvalue weighted by Gasteiger charge is -2.37. The van der Waals surface area contributed by atoms with Crippen LogP contribution in [-0.4, -0.2) is 57.2 Å². The average molecular weight is 452 g/mol. The number of carbonyl (C=O) groups excluding carboxylic acids is 2. The third-order valence-electron chi connectivity index (χ3n) is 6.79. The van der Waals surface area contributed by atoms with Gasteiger partial charge < -0.3 is 14.6 Å². The van der Waals surface area contributed by atoms with E-state index in [2.05, 4.69) is 10.2 Å². The van der Waals surface area contributed by atoms with Gasteiger partial charge in [0.25, 0.3) is 0 Å². The number of imidazole rings is 1. The van der Waals surface area contributed by atoms with E-state index in [0.29, 0.717) is 26.2 Å². The summed E-state index contributed by atoms with van der Waals surface area (Å²) in [6, 6.07) is 23.4. The van der Waals surface area contributed by atoms with Crippen molar-refractivity contribution in [2.45, 2.75) is 12.5 Å². The van der Waals surface area contributed by atoms with Crippen LogP contribution in [0.5, 0.6) is 0 Å². The normalized spacial score (nSPS) is 18.2. The van der Waals surface area contributed by atoms with Gasteiger partial charge in [0.15, 0.2) is 0 Å². The van der Waals surface area contributed by atoms with Gasteiger partial charge in [-0.15, -0.1) is 0 Å². The van der Waals surface area contributed by atoms with E-state index in [9.17, 15) is 9.59 Å². The number of anilines is 1. The van der Waals surface area contributed by atoms with Crippen molar-refractivity contribution in [1.82, 2.24) is 19.2 Å². The lowest BCUT2D eigenvalue weighted by molar-refractivity contribution is -0.133. The van der Waals surface area contributed by atoms with Crippen molar-refractivity contribution in [2.75, 3.05) is 31.5 Å². The molecule has 2 aliphatic rings. The van der Waals surface area contributed by atoms with Crippen LogP contribution in [0.25, 0.3) is 16.9 Å². The molecule has 7 nitrogen and oxygen atoms in total. The molecule has 1 atom stereocenters. The highest BCUT2D eigenvalue weighted by Gasteiger charge is 2.37. The maximum Gasteiger partial charge on any atom is 0.246 e. The first-order chi connectivity index (χ1) is 16.7. The molecular formula is C27H25N5O2. The second-order valence-corrected chi connectivity index (χ2v) is 8.77. The molecule has 0 saturated carbocycles. The predicted molar refractivity (Wildman–Crippen MR) is 130 cm³/mol. The second-order valence-electron chi connectivity index (χ2n) is 8.77. The third-order valence-corrected chi connectivity index (χ3v) is 6.79. The fraction of sp³-hybridized carbons (Fsp3) is 0.222. The van der Waals surface area contributed by atoms with Gasteiger partial charge in [0.1, 0.15) is 11.7 Å². The Labute approximate surface area is 197 Å². The maximum atomic E-state index is 13.4. The van der Waals surface area contributed by atoms with Gasteiger partial charge in [-0.05, 0) is 18.2 Å². The molecule has 0 bridgehead atoms. The molecule has 1 fully saturated rings. The number of aromatic nitrogens is 2. The number of amides is 2. The molecule has 2 aromatic heterocycles. The van der Waals surface area contributed by atoms with Crippen molar-refractivity contribution in [3.8, 4) is 11.3 Å². The molecule has 4 heterocycles. The first-order valence-corrected chi connectivity index (χ1v) is 11.6. The van der Waals surface area contributed by atoms with E-state index in [1.165, 1.54) is 0 Å². The Hall–Kier alpha value is -3.97. The molecule has 1 saturated heterocycles. The topological polar surface area (TPSA) is 70.0 Å². The minimum Gasteiger partial charge on any atom is -0.340 e. The highest BCUT2D eigenvalue weighted by atomic mass is 16.2. The summed E-state index contributed by atoms with van der Waals surface area (Å²) >= 11 is 0. The fourth-order valence-electron chi connectivity index (χ4n) is 5.08. The minimum atomic E-state index is -0.281. The Morgan fingerprint density at radius 2 is 1.65 bits per heavy atom. The molecule has 0 spiro atoms. The Balaban J connectivity index is 1.20. The van der Waals surface area contributed by atoms with Gasteiger partial charge in [0.05, 0.1) is 17.8 Å². The number of benzene rings is 2. The molecule has 0 radical (unpaired) electrons. The molecule has 2 aromatic carbocycles. The van der Waals surface area contributed by atoms with Crippen LogP contribution in [0.4, 0.5) is 5.69 Å². The van der Waals surface area contributed by atoms with Crippen LogP contribution in [0.15, 0.2) is 79.0 Å². The summed E-state index contributed by atoms with van der Waals surface area (Å²) in [5, 5.41) is 2.98. The number of rotatable bonds is 4. The molecule has 7 heteroatoms. The highest BCUT2D eigenvalue weighted by Crippen LogP contribution is 2.35. The highest BCUT2D eigenvalue weighted by molar-refractivity contribution is 6.02. The Kier molecular flexibility index (Phi) is 5.11. The van der Waals surface area contributed by atoms with Crippen LogP contribution in [-0.2, 0) is 16.0 Å². The third kappa shape index (κ3) is 3.54. The van der Waals surface area contributed by atoms with Crippen LogP contribution >= 0.6 is 0 Å². The number of nitrogens with one attached hydrogen (secondary N) is 1. The van der Waals surface area contributed by atoms with Crippen molar-refractivity contribution < 1.29 is 9.59 Å². The van der Waals surface area contributed by atoms with Crippen LogP contribution in [0.2, 0.25) is 0 Å². The summed E-state index contributed by atoms with van der Waals surface area (Å²) in [6.45, 7) is 2.53.